The summed E-state index contributed by atoms with van der Waals surface area (Å²) in [6.07, 6.45) is 8.53. The lowest BCUT2D eigenvalue weighted by atomic mass is 10.0. The van der Waals surface area contributed by atoms with E-state index < -0.39 is 0 Å². The van der Waals surface area contributed by atoms with E-state index in [-0.39, 0.29) is 17.6 Å². The van der Waals surface area contributed by atoms with Crippen molar-refractivity contribution in [2.45, 2.75) is 77.0 Å². The predicted octanol–water partition coefficient (Wildman–Crippen LogP) is 4.50. The molecular formula is C28H39N3O4. The highest BCUT2D eigenvalue weighted by atomic mass is 16.5. The minimum absolute atomic E-state index is 0.0126. The number of aryl methyl sites for hydroxylation is 2. The number of benzene rings is 2. The first-order chi connectivity index (χ1) is 17.0. The highest BCUT2D eigenvalue weighted by Gasteiger charge is 2.06. The monoisotopic (exact) mass is 481 g/mol. The van der Waals surface area contributed by atoms with Crippen LogP contribution in [0.15, 0.2) is 48.5 Å². The number of carbonyl (C=O) groups is 3. The van der Waals surface area contributed by atoms with Gasteiger partial charge in [-0.05, 0) is 73.9 Å². The zero-order chi connectivity index (χ0) is 25.3. The Morgan fingerprint density at radius 3 is 1.83 bits per heavy atom. The second-order valence-electron chi connectivity index (χ2n) is 8.97. The maximum Gasteiger partial charge on any atom is 0.243 e. The summed E-state index contributed by atoms with van der Waals surface area (Å²) >= 11 is 0. The molecule has 2 rings (SSSR count). The summed E-state index contributed by atoms with van der Waals surface area (Å²) in [5.41, 5.74) is 11.4. The molecule has 0 fully saturated rings. The second-order valence-corrected chi connectivity index (χ2v) is 8.97. The second kappa shape index (κ2) is 16.6. The summed E-state index contributed by atoms with van der Waals surface area (Å²) in [6, 6.07) is 16.0. The van der Waals surface area contributed by atoms with Crippen LogP contribution in [0.25, 0.3) is 0 Å². The Morgan fingerprint density at radius 1 is 0.657 bits per heavy atom. The molecule has 0 heterocycles. The fraction of sp³-hybridized carbons (Fsp3) is 0.464. The maximum atomic E-state index is 12.2. The van der Waals surface area contributed by atoms with Crippen LogP contribution in [0.2, 0.25) is 0 Å². The number of hydrogen-bond acceptors (Lipinski definition) is 5. The third-order valence-electron chi connectivity index (χ3n) is 5.93. The van der Waals surface area contributed by atoms with E-state index in [1.54, 1.807) is 5.48 Å². The van der Waals surface area contributed by atoms with Gasteiger partial charge in [-0.1, -0.05) is 49.2 Å². The van der Waals surface area contributed by atoms with Gasteiger partial charge in [0.2, 0.25) is 11.8 Å². The van der Waals surface area contributed by atoms with Gasteiger partial charge in [0.1, 0.15) is 5.78 Å². The van der Waals surface area contributed by atoms with Crippen LogP contribution in [0.1, 0.15) is 74.5 Å². The van der Waals surface area contributed by atoms with Crippen LogP contribution < -0.4 is 16.5 Å². The van der Waals surface area contributed by atoms with Crippen molar-refractivity contribution in [2.24, 2.45) is 5.73 Å². The quantitative estimate of drug-likeness (QED) is 0.151. The van der Waals surface area contributed by atoms with E-state index in [9.17, 15) is 14.4 Å². The first kappa shape index (κ1) is 28.2. The van der Waals surface area contributed by atoms with E-state index in [0.29, 0.717) is 38.6 Å². The number of amides is 2. The van der Waals surface area contributed by atoms with E-state index in [0.717, 1.165) is 61.8 Å². The van der Waals surface area contributed by atoms with Crippen molar-refractivity contribution >= 4 is 23.3 Å². The summed E-state index contributed by atoms with van der Waals surface area (Å²) < 4.78 is 0. The van der Waals surface area contributed by atoms with Crippen LogP contribution >= 0.6 is 0 Å². The van der Waals surface area contributed by atoms with Gasteiger partial charge in [-0.2, -0.15) is 0 Å². The van der Waals surface area contributed by atoms with Crippen molar-refractivity contribution in [3.63, 3.8) is 0 Å². The Bertz CT molecular complexity index is 911. The molecule has 7 heteroatoms. The third-order valence-corrected chi connectivity index (χ3v) is 5.93. The molecule has 190 valence electrons. The van der Waals surface area contributed by atoms with Gasteiger partial charge in [0.05, 0.1) is 0 Å². The Labute approximate surface area is 208 Å². The van der Waals surface area contributed by atoms with Crippen LogP contribution in [0.3, 0.4) is 0 Å². The van der Waals surface area contributed by atoms with Crippen molar-refractivity contribution in [3.8, 4) is 0 Å². The molecule has 0 saturated heterocycles. The van der Waals surface area contributed by atoms with Crippen molar-refractivity contribution in [1.29, 1.82) is 0 Å². The summed E-state index contributed by atoms with van der Waals surface area (Å²) in [5.74, 6) is -0.138. The van der Waals surface area contributed by atoms with Gasteiger partial charge in [0.15, 0.2) is 0 Å². The zero-order valence-electron chi connectivity index (χ0n) is 20.6. The van der Waals surface area contributed by atoms with E-state index in [1.807, 2.05) is 48.5 Å². The average molecular weight is 482 g/mol. The third kappa shape index (κ3) is 12.3. The highest BCUT2D eigenvalue weighted by molar-refractivity contribution is 5.90. The van der Waals surface area contributed by atoms with Gasteiger partial charge in [0, 0.05) is 31.4 Å². The Balaban J connectivity index is 1.60. The van der Waals surface area contributed by atoms with Crippen molar-refractivity contribution in [3.05, 3.63) is 65.2 Å². The molecule has 2 aromatic rings. The van der Waals surface area contributed by atoms with Crippen molar-refractivity contribution in [1.82, 2.24) is 5.48 Å². The standard InChI is InChI=1S/C28H39N3O4/c29-20-6-8-23-16-18-25(19-17-23)30-27(33)11-5-7-22-12-14-24(15-13-22)21-26(32)9-3-1-2-4-10-28(34)31-35/h12-19,35H,1-11,20-21,29H2,(H,30,33)(H,31,34). The fourth-order valence-corrected chi connectivity index (χ4v) is 3.89. The SMILES string of the molecule is NCCCc1ccc(NC(=O)CCCc2ccc(CC(=O)CCCCCCC(=O)NO)cc2)cc1. The van der Waals surface area contributed by atoms with Crippen molar-refractivity contribution < 1.29 is 19.6 Å². The Hall–Kier alpha value is -3.03. The molecule has 0 aliphatic heterocycles. The van der Waals surface area contributed by atoms with Crippen LogP contribution in [0, 0.1) is 0 Å². The van der Waals surface area contributed by atoms with Gasteiger partial charge >= 0.3 is 0 Å². The number of hydrogen-bond donors (Lipinski definition) is 4. The molecule has 2 amide bonds. The zero-order valence-corrected chi connectivity index (χ0v) is 20.6. The first-order valence-corrected chi connectivity index (χ1v) is 12.6. The van der Waals surface area contributed by atoms with E-state index >= 15 is 0 Å². The lowest BCUT2D eigenvalue weighted by molar-refractivity contribution is -0.129. The van der Waals surface area contributed by atoms with E-state index in [1.165, 1.54) is 5.56 Å². The van der Waals surface area contributed by atoms with E-state index in [4.69, 9.17) is 10.9 Å². The van der Waals surface area contributed by atoms with Crippen LogP contribution in [0.4, 0.5) is 5.69 Å². The van der Waals surface area contributed by atoms with Crippen LogP contribution in [-0.2, 0) is 33.6 Å². The lowest BCUT2D eigenvalue weighted by Gasteiger charge is -2.07. The number of rotatable bonds is 17. The molecule has 2 aromatic carbocycles. The number of Topliss-reactive ketones (excluding diaryl/α,β-unsaturated/α-hetero) is 1. The number of nitrogens with two attached hydrogens (primary N) is 1. The molecule has 0 aromatic heterocycles. The van der Waals surface area contributed by atoms with Gasteiger partial charge < -0.3 is 11.1 Å². The highest BCUT2D eigenvalue weighted by Crippen LogP contribution is 2.14. The molecule has 0 radical (unpaired) electrons. The first-order valence-electron chi connectivity index (χ1n) is 12.6. The van der Waals surface area contributed by atoms with Gasteiger partial charge in [-0.25, -0.2) is 5.48 Å². The topological polar surface area (TPSA) is 122 Å². The number of anilines is 1. The van der Waals surface area contributed by atoms with Crippen LogP contribution in [0.5, 0.6) is 0 Å². The smallest absolute Gasteiger partial charge is 0.243 e. The average Bonchev–Trinajstić information content (AvgIpc) is 2.86. The predicted molar refractivity (Wildman–Crippen MR) is 138 cm³/mol. The Kier molecular flexibility index (Phi) is 13.4. The maximum absolute atomic E-state index is 12.2. The minimum Gasteiger partial charge on any atom is -0.330 e. The molecular weight excluding hydrogens is 442 g/mol. The van der Waals surface area contributed by atoms with Crippen LogP contribution in [-0.4, -0.2) is 29.3 Å². The minimum atomic E-state index is -0.368. The Morgan fingerprint density at radius 2 is 1.20 bits per heavy atom. The molecule has 0 aliphatic carbocycles. The largest absolute Gasteiger partial charge is 0.330 e. The number of nitrogens with one attached hydrogen (secondary N) is 2. The van der Waals surface area contributed by atoms with Crippen molar-refractivity contribution in [2.75, 3.05) is 11.9 Å². The molecule has 5 N–H and O–H groups in total. The number of hydroxylamine groups is 1. The molecule has 0 aliphatic rings. The number of unbranched alkanes of at least 4 members (excludes halogenated alkanes) is 3. The normalized spacial score (nSPS) is 10.7. The molecule has 0 unspecified atom stereocenters. The summed E-state index contributed by atoms with van der Waals surface area (Å²) in [4.78, 5) is 35.4. The van der Waals surface area contributed by atoms with Gasteiger partial charge in [-0.15, -0.1) is 0 Å². The fourth-order valence-electron chi connectivity index (χ4n) is 3.89. The molecule has 0 atom stereocenters. The summed E-state index contributed by atoms with van der Waals surface area (Å²) in [5, 5.41) is 11.4. The number of ketones is 1. The number of carbonyl (C=O) groups excluding carboxylic acids is 3. The van der Waals surface area contributed by atoms with Gasteiger partial charge in [0.25, 0.3) is 0 Å². The molecule has 7 nitrogen and oxygen atoms in total. The molecule has 0 spiro atoms. The molecule has 35 heavy (non-hydrogen) atoms. The summed E-state index contributed by atoms with van der Waals surface area (Å²) in [7, 11) is 0. The summed E-state index contributed by atoms with van der Waals surface area (Å²) in [6.45, 7) is 0.678. The van der Waals surface area contributed by atoms with E-state index in [2.05, 4.69) is 5.32 Å². The van der Waals surface area contributed by atoms with Gasteiger partial charge in [-0.3, -0.25) is 19.6 Å². The molecule has 0 bridgehead atoms. The lowest BCUT2D eigenvalue weighted by Crippen LogP contribution is -2.17. The molecule has 0 saturated carbocycles.